The molecule has 0 saturated carbocycles. The highest BCUT2D eigenvalue weighted by atomic mass is 16.8. The van der Waals surface area contributed by atoms with Crippen molar-refractivity contribution in [1.82, 2.24) is 5.06 Å². The fourth-order valence-electron chi connectivity index (χ4n) is 4.11. The monoisotopic (exact) mass is 357 g/mol. The topological polar surface area (TPSA) is 57.2 Å². The Bertz CT molecular complexity index is 786. The van der Waals surface area contributed by atoms with E-state index < -0.39 is 17.6 Å². The number of hydrogen-bond donors (Lipinski definition) is 0. The smallest absolute Gasteiger partial charge is 0.203 e. The van der Waals surface area contributed by atoms with Crippen LogP contribution in [0.15, 0.2) is 48.8 Å². The molecule has 3 aliphatic rings. The SMILES string of the molecule is C=CC[C@]12C(=CC(=O)c3ccccc31)O[C@@H](C1COC(C)(C)O1)N2OC. The van der Waals surface area contributed by atoms with E-state index in [0.29, 0.717) is 24.4 Å². The molecule has 3 atom stereocenters. The molecule has 1 aromatic rings. The summed E-state index contributed by atoms with van der Waals surface area (Å²) in [5.41, 5.74) is 0.750. The minimum atomic E-state index is -0.748. The second-order valence-corrected chi connectivity index (χ2v) is 7.16. The zero-order valence-corrected chi connectivity index (χ0v) is 15.2. The van der Waals surface area contributed by atoms with E-state index in [1.54, 1.807) is 18.2 Å². The minimum absolute atomic E-state index is 0.0732. The summed E-state index contributed by atoms with van der Waals surface area (Å²) in [7, 11) is 1.60. The highest BCUT2D eigenvalue weighted by Gasteiger charge is 2.60. The first-order valence-corrected chi connectivity index (χ1v) is 8.72. The fourth-order valence-corrected chi connectivity index (χ4v) is 4.11. The summed E-state index contributed by atoms with van der Waals surface area (Å²) in [6.45, 7) is 8.02. The lowest BCUT2D eigenvalue weighted by molar-refractivity contribution is -0.257. The number of ketones is 1. The maximum atomic E-state index is 12.6. The largest absolute Gasteiger partial charge is 0.472 e. The lowest BCUT2D eigenvalue weighted by Crippen LogP contribution is -2.50. The number of hydrogen-bond acceptors (Lipinski definition) is 6. The van der Waals surface area contributed by atoms with Crippen molar-refractivity contribution in [3.8, 4) is 0 Å². The molecule has 6 nitrogen and oxygen atoms in total. The van der Waals surface area contributed by atoms with Crippen LogP contribution in [-0.2, 0) is 24.6 Å². The normalized spacial score (nSPS) is 32.6. The molecule has 0 N–H and O–H groups in total. The number of benzene rings is 1. The number of carbonyl (C=O) groups excluding carboxylic acids is 1. The molecule has 6 heteroatoms. The van der Waals surface area contributed by atoms with Gasteiger partial charge in [-0.05, 0) is 25.8 Å². The molecule has 2 fully saturated rings. The van der Waals surface area contributed by atoms with Gasteiger partial charge in [-0.2, -0.15) is 0 Å². The van der Waals surface area contributed by atoms with Crippen molar-refractivity contribution in [3.63, 3.8) is 0 Å². The third-order valence-corrected chi connectivity index (χ3v) is 5.15. The predicted octanol–water partition coefficient (Wildman–Crippen LogP) is 2.91. The van der Waals surface area contributed by atoms with Crippen LogP contribution >= 0.6 is 0 Å². The van der Waals surface area contributed by atoms with Crippen molar-refractivity contribution in [2.75, 3.05) is 13.7 Å². The fraction of sp³-hybridized carbons (Fsp3) is 0.450. The van der Waals surface area contributed by atoms with Crippen molar-refractivity contribution < 1.29 is 23.8 Å². The molecule has 26 heavy (non-hydrogen) atoms. The molecule has 4 rings (SSSR count). The molecule has 0 bridgehead atoms. The zero-order valence-electron chi connectivity index (χ0n) is 15.2. The molecule has 1 unspecified atom stereocenters. The van der Waals surface area contributed by atoms with Gasteiger partial charge in [0.1, 0.15) is 17.4 Å². The molecule has 0 spiro atoms. The molecule has 1 aromatic carbocycles. The van der Waals surface area contributed by atoms with E-state index >= 15 is 0 Å². The van der Waals surface area contributed by atoms with Crippen molar-refractivity contribution in [2.24, 2.45) is 0 Å². The van der Waals surface area contributed by atoms with Gasteiger partial charge in [0.25, 0.3) is 0 Å². The third kappa shape index (κ3) is 2.37. The molecule has 2 saturated heterocycles. The maximum absolute atomic E-state index is 12.6. The van der Waals surface area contributed by atoms with Crippen molar-refractivity contribution in [2.45, 2.75) is 43.9 Å². The van der Waals surface area contributed by atoms with Gasteiger partial charge in [-0.15, -0.1) is 11.6 Å². The van der Waals surface area contributed by atoms with Crippen LogP contribution < -0.4 is 0 Å². The van der Waals surface area contributed by atoms with Gasteiger partial charge in [0.05, 0.1) is 13.7 Å². The number of fused-ring (bicyclic) bond motifs is 3. The summed E-state index contributed by atoms with van der Waals surface area (Å²) in [4.78, 5) is 18.4. The van der Waals surface area contributed by atoms with E-state index in [0.717, 1.165) is 5.56 Å². The average Bonchev–Trinajstić information content (AvgIpc) is 3.13. The lowest BCUT2D eigenvalue weighted by Gasteiger charge is -2.39. The zero-order chi connectivity index (χ0) is 18.5. The minimum Gasteiger partial charge on any atom is -0.472 e. The molecule has 0 radical (unpaired) electrons. The van der Waals surface area contributed by atoms with Crippen molar-refractivity contribution >= 4 is 5.78 Å². The van der Waals surface area contributed by atoms with Crippen LogP contribution in [0.3, 0.4) is 0 Å². The van der Waals surface area contributed by atoms with E-state index in [2.05, 4.69) is 6.58 Å². The Hall–Kier alpha value is -1.99. The van der Waals surface area contributed by atoms with Gasteiger partial charge in [-0.3, -0.25) is 9.63 Å². The predicted molar refractivity (Wildman–Crippen MR) is 94.0 cm³/mol. The Morgan fingerprint density at radius 1 is 1.38 bits per heavy atom. The Morgan fingerprint density at radius 2 is 2.15 bits per heavy atom. The van der Waals surface area contributed by atoms with Crippen LogP contribution in [0.4, 0.5) is 0 Å². The average molecular weight is 357 g/mol. The van der Waals surface area contributed by atoms with Crippen LogP contribution in [0, 0.1) is 0 Å². The van der Waals surface area contributed by atoms with Gasteiger partial charge in [0.2, 0.25) is 6.23 Å². The highest BCUT2D eigenvalue weighted by molar-refractivity contribution is 6.08. The van der Waals surface area contributed by atoms with Gasteiger partial charge in [-0.1, -0.05) is 30.3 Å². The lowest BCUT2D eigenvalue weighted by atomic mass is 9.77. The first kappa shape index (κ1) is 17.4. The molecular weight excluding hydrogens is 334 g/mol. The Labute approximate surface area is 152 Å². The number of ether oxygens (including phenoxy) is 3. The Kier molecular flexibility index (Phi) is 4.04. The first-order valence-electron chi connectivity index (χ1n) is 8.72. The van der Waals surface area contributed by atoms with E-state index in [9.17, 15) is 4.79 Å². The second-order valence-electron chi connectivity index (χ2n) is 7.16. The molecule has 0 aromatic heterocycles. The summed E-state index contributed by atoms with van der Waals surface area (Å²) in [6, 6.07) is 7.55. The quantitative estimate of drug-likeness (QED) is 0.773. The van der Waals surface area contributed by atoms with Gasteiger partial charge in [0, 0.05) is 11.6 Å². The molecule has 2 heterocycles. The van der Waals surface area contributed by atoms with Crippen molar-refractivity contribution in [3.05, 3.63) is 59.9 Å². The second kappa shape index (κ2) is 6.03. The Morgan fingerprint density at radius 3 is 2.81 bits per heavy atom. The third-order valence-electron chi connectivity index (χ3n) is 5.15. The van der Waals surface area contributed by atoms with Gasteiger partial charge >= 0.3 is 0 Å². The maximum Gasteiger partial charge on any atom is 0.203 e. The van der Waals surface area contributed by atoms with Crippen LogP contribution in [0.5, 0.6) is 0 Å². The molecule has 1 aliphatic carbocycles. The summed E-state index contributed by atoms with van der Waals surface area (Å²) in [6.07, 6.45) is 3.02. The van der Waals surface area contributed by atoms with Crippen LogP contribution in [0.2, 0.25) is 0 Å². The van der Waals surface area contributed by atoms with Crippen molar-refractivity contribution in [1.29, 1.82) is 0 Å². The Balaban J connectivity index is 1.83. The number of rotatable bonds is 4. The van der Waals surface area contributed by atoms with E-state index in [-0.39, 0.29) is 11.9 Å². The summed E-state index contributed by atoms with van der Waals surface area (Å²) in [5, 5.41) is 1.78. The highest BCUT2D eigenvalue weighted by Crippen LogP contribution is 2.52. The van der Waals surface area contributed by atoms with Gasteiger partial charge < -0.3 is 14.2 Å². The summed E-state index contributed by atoms with van der Waals surface area (Å²) < 4.78 is 17.9. The standard InChI is InChI=1S/C20H23NO5/c1-5-10-20-14-9-7-6-8-13(14)15(22)11-17(20)25-18(21(20)23-4)16-12-24-19(2,3)26-16/h5-9,11,16,18H,1,10,12H2,2-4H3/t16?,18-,20+/m0/s1. The number of nitrogens with zero attached hydrogens (tertiary/aromatic N) is 1. The molecule has 0 amide bonds. The van der Waals surface area contributed by atoms with Gasteiger partial charge in [0.15, 0.2) is 11.6 Å². The number of carbonyl (C=O) groups is 1. The molecule has 138 valence electrons. The van der Waals surface area contributed by atoms with Gasteiger partial charge in [-0.25, -0.2) is 0 Å². The first-order chi connectivity index (χ1) is 12.4. The van der Waals surface area contributed by atoms with Crippen LogP contribution in [0.1, 0.15) is 36.2 Å². The summed E-state index contributed by atoms with van der Waals surface area (Å²) in [5.74, 6) is -0.202. The number of hydroxylamine groups is 2. The molecule has 2 aliphatic heterocycles. The van der Waals surface area contributed by atoms with E-state index in [1.165, 1.54) is 0 Å². The van der Waals surface area contributed by atoms with E-state index in [4.69, 9.17) is 19.0 Å². The molecular formula is C20H23NO5. The summed E-state index contributed by atoms with van der Waals surface area (Å²) >= 11 is 0. The van der Waals surface area contributed by atoms with Crippen LogP contribution in [-0.4, -0.2) is 42.7 Å². The van der Waals surface area contributed by atoms with E-state index in [1.807, 2.05) is 44.2 Å². The van der Waals surface area contributed by atoms with Crippen LogP contribution in [0.25, 0.3) is 0 Å². The number of allylic oxidation sites excluding steroid dienone is 1.